The normalized spacial score (nSPS) is 10.7. The Morgan fingerprint density at radius 3 is 2.68 bits per heavy atom. The van der Waals surface area contributed by atoms with Crippen LogP contribution in [0.15, 0.2) is 71.9 Å². The molecular formula is C20H16ClN5O2. The summed E-state index contributed by atoms with van der Waals surface area (Å²) in [5.41, 5.74) is 2.50. The van der Waals surface area contributed by atoms with Gasteiger partial charge in [0.1, 0.15) is 0 Å². The van der Waals surface area contributed by atoms with E-state index in [1.165, 1.54) is 6.08 Å². The number of carbonyl (C=O) groups is 1. The Hall–Kier alpha value is -3.71. The summed E-state index contributed by atoms with van der Waals surface area (Å²) < 4.78 is 0. The molecule has 2 aromatic carbocycles. The molecular weight excluding hydrogens is 378 g/mol. The lowest BCUT2D eigenvalue weighted by atomic mass is 10.0. The van der Waals surface area contributed by atoms with Gasteiger partial charge < -0.3 is 10.3 Å². The molecule has 0 radical (unpaired) electrons. The van der Waals surface area contributed by atoms with E-state index in [1.807, 2.05) is 36.4 Å². The lowest BCUT2D eigenvalue weighted by Gasteiger charge is -2.07. The number of anilines is 1. The number of imidazole rings is 1. The number of benzene rings is 2. The fraction of sp³-hybridized carbons (Fsp3) is 0. The average molecular weight is 394 g/mol. The van der Waals surface area contributed by atoms with Crippen molar-refractivity contribution in [3.8, 4) is 11.3 Å². The molecule has 0 atom stereocenters. The van der Waals surface area contributed by atoms with Crippen LogP contribution < -0.4 is 10.9 Å². The summed E-state index contributed by atoms with van der Waals surface area (Å²) in [6.45, 7) is 0. The second-order valence-corrected chi connectivity index (χ2v) is 5.84. The predicted octanol–water partition coefficient (Wildman–Crippen LogP) is 3.39. The van der Waals surface area contributed by atoms with Gasteiger partial charge in [-0.3, -0.25) is 9.59 Å². The van der Waals surface area contributed by atoms with Gasteiger partial charge in [0.25, 0.3) is 5.56 Å². The molecule has 28 heavy (non-hydrogen) atoms. The van der Waals surface area contributed by atoms with Crippen molar-refractivity contribution in [3.05, 3.63) is 83.2 Å². The second-order valence-electron chi connectivity index (χ2n) is 5.84. The molecule has 0 aliphatic rings. The molecule has 0 aliphatic heterocycles. The molecule has 4 aromatic rings. The van der Waals surface area contributed by atoms with Gasteiger partial charge in [0.15, 0.2) is 0 Å². The number of nitrogens with one attached hydrogen (secondary N) is 3. The standard InChI is InChI=1S/C20H15N5O2.ClH/c26-18(9-8-15-11-21-12-22-15)23-14-5-3-4-13(10-14)19-16-6-1-2-7-17(16)20(27)25-24-19;/h1-12H,(H,21,22)(H,23,26)(H,25,27);1H/b9-8+;. The van der Waals surface area contributed by atoms with E-state index in [4.69, 9.17) is 0 Å². The number of amides is 1. The smallest absolute Gasteiger partial charge is 0.272 e. The van der Waals surface area contributed by atoms with Gasteiger partial charge in [-0.25, -0.2) is 10.1 Å². The molecule has 0 unspecified atom stereocenters. The third-order valence-corrected chi connectivity index (χ3v) is 4.02. The van der Waals surface area contributed by atoms with Crippen LogP contribution in [0.1, 0.15) is 5.69 Å². The van der Waals surface area contributed by atoms with E-state index in [9.17, 15) is 9.59 Å². The minimum absolute atomic E-state index is 0. The van der Waals surface area contributed by atoms with Gasteiger partial charge in [0, 0.05) is 28.9 Å². The molecule has 0 fully saturated rings. The molecule has 0 saturated carbocycles. The van der Waals surface area contributed by atoms with E-state index in [0.717, 1.165) is 10.9 Å². The second kappa shape index (κ2) is 8.32. The fourth-order valence-corrected chi connectivity index (χ4v) is 2.79. The highest BCUT2D eigenvalue weighted by molar-refractivity contribution is 6.02. The number of aromatic nitrogens is 4. The largest absolute Gasteiger partial charge is 0.351 e. The van der Waals surface area contributed by atoms with Crippen LogP contribution in [0.3, 0.4) is 0 Å². The number of halogens is 1. The Labute approximate surface area is 165 Å². The molecule has 7 nitrogen and oxygen atoms in total. The average Bonchev–Trinajstić information content (AvgIpc) is 3.21. The van der Waals surface area contributed by atoms with Gasteiger partial charge in [-0.15, -0.1) is 12.4 Å². The number of hydrogen-bond donors (Lipinski definition) is 3. The van der Waals surface area contributed by atoms with Gasteiger partial charge in [-0.2, -0.15) is 5.10 Å². The first-order chi connectivity index (χ1) is 13.2. The van der Waals surface area contributed by atoms with Crippen molar-refractivity contribution in [2.45, 2.75) is 0 Å². The summed E-state index contributed by atoms with van der Waals surface area (Å²) in [6, 6.07) is 14.6. The van der Waals surface area contributed by atoms with Crippen molar-refractivity contribution in [2.24, 2.45) is 0 Å². The van der Waals surface area contributed by atoms with Crippen LogP contribution in [0.4, 0.5) is 5.69 Å². The van der Waals surface area contributed by atoms with E-state index in [0.29, 0.717) is 22.5 Å². The Morgan fingerprint density at radius 1 is 1.07 bits per heavy atom. The zero-order chi connectivity index (χ0) is 18.6. The first-order valence-corrected chi connectivity index (χ1v) is 8.26. The van der Waals surface area contributed by atoms with Crippen molar-refractivity contribution in [1.82, 2.24) is 20.2 Å². The Kier molecular flexibility index (Phi) is 5.67. The first kappa shape index (κ1) is 19.1. The van der Waals surface area contributed by atoms with E-state index >= 15 is 0 Å². The Bertz CT molecular complexity index is 1200. The number of fused-ring (bicyclic) bond motifs is 1. The maximum atomic E-state index is 12.1. The highest BCUT2D eigenvalue weighted by Crippen LogP contribution is 2.26. The fourth-order valence-electron chi connectivity index (χ4n) is 2.79. The Morgan fingerprint density at radius 2 is 1.89 bits per heavy atom. The van der Waals surface area contributed by atoms with Gasteiger partial charge in [0.2, 0.25) is 5.91 Å². The molecule has 8 heteroatoms. The number of H-pyrrole nitrogens is 2. The maximum absolute atomic E-state index is 12.1. The molecule has 3 N–H and O–H groups in total. The highest BCUT2D eigenvalue weighted by Gasteiger charge is 2.09. The van der Waals surface area contributed by atoms with Crippen LogP contribution in [0.2, 0.25) is 0 Å². The van der Waals surface area contributed by atoms with Crippen LogP contribution in [0.5, 0.6) is 0 Å². The lowest BCUT2D eigenvalue weighted by molar-refractivity contribution is -0.111. The summed E-state index contributed by atoms with van der Waals surface area (Å²) in [5, 5.41) is 10.8. The SMILES string of the molecule is Cl.O=C(/C=C/c1c[nH]cn1)Nc1cccc(-c2n[nH]c(=O)c3ccccc23)c1. The third kappa shape index (κ3) is 3.99. The van der Waals surface area contributed by atoms with Crippen molar-refractivity contribution >= 4 is 40.9 Å². The van der Waals surface area contributed by atoms with Crippen molar-refractivity contribution in [3.63, 3.8) is 0 Å². The Balaban J connectivity index is 0.00000225. The molecule has 0 bridgehead atoms. The molecule has 2 aromatic heterocycles. The minimum atomic E-state index is -0.269. The minimum Gasteiger partial charge on any atom is -0.351 e. The van der Waals surface area contributed by atoms with E-state index in [-0.39, 0.29) is 23.9 Å². The van der Waals surface area contributed by atoms with Crippen LogP contribution in [-0.4, -0.2) is 26.1 Å². The van der Waals surface area contributed by atoms with E-state index < -0.39 is 0 Å². The van der Waals surface area contributed by atoms with E-state index in [2.05, 4.69) is 25.5 Å². The summed E-state index contributed by atoms with van der Waals surface area (Å²) in [6.07, 6.45) is 6.27. The molecule has 140 valence electrons. The van der Waals surface area contributed by atoms with Crippen molar-refractivity contribution in [2.75, 3.05) is 5.32 Å². The van der Waals surface area contributed by atoms with Crippen molar-refractivity contribution < 1.29 is 4.79 Å². The zero-order valence-corrected chi connectivity index (χ0v) is 15.4. The molecule has 0 spiro atoms. The van der Waals surface area contributed by atoms with Gasteiger partial charge >= 0.3 is 0 Å². The highest BCUT2D eigenvalue weighted by atomic mass is 35.5. The number of rotatable bonds is 4. The molecule has 0 saturated heterocycles. The molecule has 1 amide bonds. The van der Waals surface area contributed by atoms with Gasteiger partial charge in [-0.05, 0) is 24.3 Å². The predicted molar refractivity (Wildman–Crippen MR) is 111 cm³/mol. The van der Waals surface area contributed by atoms with Crippen LogP contribution in [0.25, 0.3) is 28.1 Å². The third-order valence-electron chi connectivity index (χ3n) is 4.02. The number of hydrogen-bond acceptors (Lipinski definition) is 4. The molecule has 4 rings (SSSR count). The number of nitrogens with zero attached hydrogens (tertiary/aromatic N) is 2. The van der Waals surface area contributed by atoms with Crippen molar-refractivity contribution in [1.29, 1.82) is 0 Å². The number of carbonyl (C=O) groups excluding carboxylic acids is 1. The van der Waals surface area contributed by atoms with Crippen LogP contribution in [-0.2, 0) is 4.79 Å². The lowest BCUT2D eigenvalue weighted by Crippen LogP contribution is -2.10. The summed E-state index contributed by atoms with van der Waals surface area (Å²) in [5.74, 6) is -0.269. The van der Waals surface area contributed by atoms with Gasteiger partial charge in [-0.1, -0.05) is 30.3 Å². The van der Waals surface area contributed by atoms with Crippen LogP contribution in [0, 0.1) is 0 Å². The topological polar surface area (TPSA) is 104 Å². The monoisotopic (exact) mass is 393 g/mol. The number of aromatic amines is 2. The van der Waals surface area contributed by atoms with Crippen LogP contribution >= 0.6 is 12.4 Å². The zero-order valence-electron chi connectivity index (χ0n) is 14.5. The summed E-state index contributed by atoms with van der Waals surface area (Å²) in [7, 11) is 0. The molecule has 0 aliphatic carbocycles. The maximum Gasteiger partial charge on any atom is 0.272 e. The van der Waals surface area contributed by atoms with Gasteiger partial charge in [0.05, 0.1) is 23.1 Å². The summed E-state index contributed by atoms with van der Waals surface area (Å²) in [4.78, 5) is 30.9. The summed E-state index contributed by atoms with van der Waals surface area (Å²) >= 11 is 0. The van der Waals surface area contributed by atoms with E-state index in [1.54, 1.807) is 30.7 Å². The first-order valence-electron chi connectivity index (χ1n) is 8.26. The quantitative estimate of drug-likeness (QED) is 0.462. The molecule has 2 heterocycles.